The Morgan fingerprint density at radius 1 is 1.13 bits per heavy atom. The van der Waals surface area contributed by atoms with E-state index in [1.807, 2.05) is 31.2 Å². The number of nitrogens with one attached hydrogen (secondary N) is 1. The molecule has 5 nitrogen and oxygen atoms in total. The van der Waals surface area contributed by atoms with Crippen LogP contribution < -0.4 is 5.32 Å². The summed E-state index contributed by atoms with van der Waals surface area (Å²) in [6, 6.07) is 7.66. The minimum absolute atomic E-state index is 0.269. The number of aryl methyl sites for hydroxylation is 1. The average Bonchev–Trinajstić information content (AvgIpc) is 2.97. The second-order valence-electron chi connectivity index (χ2n) is 4.93. The summed E-state index contributed by atoms with van der Waals surface area (Å²) in [5.41, 5.74) is 2.17. The zero-order valence-electron chi connectivity index (χ0n) is 12.3. The molecule has 1 amide bonds. The molecule has 1 aromatic carbocycles. The van der Waals surface area contributed by atoms with Crippen LogP contribution in [0.4, 0.5) is 5.13 Å². The van der Waals surface area contributed by atoms with Crippen LogP contribution in [0.15, 0.2) is 42.9 Å². The van der Waals surface area contributed by atoms with Crippen molar-refractivity contribution >= 4 is 34.0 Å². The summed E-state index contributed by atoms with van der Waals surface area (Å²) < 4.78 is 0. The van der Waals surface area contributed by atoms with Gasteiger partial charge in [-0.3, -0.25) is 15.1 Å². The van der Waals surface area contributed by atoms with Crippen LogP contribution in [0, 0.1) is 6.92 Å². The fourth-order valence-corrected chi connectivity index (χ4v) is 2.89. The summed E-state index contributed by atoms with van der Waals surface area (Å²) in [5, 5.41) is 3.99. The maximum absolute atomic E-state index is 12.1. The minimum atomic E-state index is -0.315. The first-order valence-corrected chi connectivity index (χ1v) is 8.09. The molecule has 0 unspecified atom stereocenters. The molecule has 0 fully saturated rings. The van der Waals surface area contributed by atoms with Gasteiger partial charge in [-0.2, -0.15) is 0 Å². The highest BCUT2D eigenvalue weighted by Gasteiger charge is 2.11. The summed E-state index contributed by atoms with van der Waals surface area (Å²) >= 11 is 7.31. The molecule has 0 saturated carbocycles. The molecule has 0 aliphatic heterocycles. The normalized spacial score (nSPS) is 10.5. The Morgan fingerprint density at radius 3 is 2.61 bits per heavy atom. The number of hydrogen-bond donors (Lipinski definition) is 1. The molecule has 0 radical (unpaired) electrons. The van der Waals surface area contributed by atoms with Crippen LogP contribution in [0.3, 0.4) is 0 Å². The Hall–Kier alpha value is -2.31. The topological polar surface area (TPSA) is 67.8 Å². The molecule has 116 valence electrons. The van der Waals surface area contributed by atoms with E-state index in [0.717, 1.165) is 22.6 Å². The lowest BCUT2D eigenvalue weighted by molar-refractivity contribution is 0.102. The zero-order valence-corrected chi connectivity index (χ0v) is 13.9. The Kier molecular flexibility index (Phi) is 4.64. The number of hydrogen-bond acceptors (Lipinski definition) is 5. The molecule has 1 N–H and O–H groups in total. The Labute approximate surface area is 142 Å². The first-order valence-electron chi connectivity index (χ1n) is 6.89. The molecule has 23 heavy (non-hydrogen) atoms. The van der Waals surface area contributed by atoms with Gasteiger partial charge in [-0.25, -0.2) is 9.97 Å². The fraction of sp³-hybridized carbons (Fsp3) is 0.125. The summed E-state index contributed by atoms with van der Waals surface area (Å²) in [4.78, 5) is 25.5. The van der Waals surface area contributed by atoms with Crippen molar-refractivity contribution in [3.05, 3.63) is 69.7 Å². The van der Waals surface area contributed by atoms with Gasteiger partial charge in [0, 0.05) is 28.7 Å². The van der Waals surface area contributed by atoms with Crippen LogP contribution in [0.5, 0.6) is 0 Å². The summed E-state index contributed by atoms with van der Waals surface area (Å²) in [6.07, 6.45) is 5.51. The van der Waals surface area contributed by atoms with Gasteiger partial charge in [0.15, 0.2) is 5.13 Å². The van der Waals surface area contributed by atoms with E-state index in [2.05, 4.69) is 20.3 Å². The van der Waals surface area contributed by atoms with Crippen molar-refractivity contribution in [2.75, 3.05) is 5.32 Å². The summed E-state index contributed by atoms with van der Waals surface area (Å²) in [5.74, 6) is -0.315. The number of thiazole rings is 1. The zero-order chi connectivity index (χ0) is 16.2. The van der Waals surface area contributed by atoms with Gasteiger partial charge < -0.3 is 0 Å². The van der Waals surface area contributed by atoms with E-state index in [0.29, 0.717) is 10.2 Å². The average molecular weight is 345 g/mol. The van der Waals surface area contributed by atoms with Gasteiger partial charge in [0.05, 0.1) is 11.9 Å². The lowest BCUT2D eigenvalue weighted by atomic mass is 10.1. The Bertz CT molecular complexity index is 815. The van der Waals surface area contributed by atoms with Crippen LogP contribution in [0.1, 0.15) is 26.6 Å². The van der Waals surface area contributed by atoms with E-state index >= 15 is 0 Å². The molecule has 0 aliphatic rings. The van der Waals surface area contributed by atoms with Crippen molar-refractivity contribution in [3.8, 4) is 0 Å². The van der Waals surface area contributed by atoms with Gasteiger partial charge in [-0.1, -0.05) is 23.7 Å². The smallest absolute Gasteiger partial charge is 0.277 e. The number of carbonyl (C=O) groups excluding carboxylic acids is 1. The number of benzene rings is 1. The molecule has 0 atom stereocenters. The van der Waals surface area contributed by atoms with Crippen LogP contribution in [0.2, 0.25) is 5.02 Å². The molecule has 3 aromatic rings. The highest BCUT2D eigenvalue weighted by molar-refractivity contribution is 7.15. The molecule has 7 heteroatoms. The van der Waals surface area contributed by atoms with Gasteiger partial charge in [0.2, 0.25) is 0 Å². The maximum Gasteiger partial charge on any atom is 0.277 e. The maximum atomic E-state index is 12.1. The van der Waals surface area contributed by atoms with Gasteiger partial charge in [-0.15, -0.1) is 11.3 Å². The highest BCUT2D eigenvalue weighted by atomic mass is 35.5. The lowest BCUT2D eigenvalue weighted by Crippen LogP contribution is -2.13. The number of nitrogens with zero attached hydrogens (tertiary/aromatic N) is 3. The number of anilines is 1. The van der Waals surface area contributed by atoms with Crippen LogP contribution in [-0.4, -0.2) is 20.9 Å². The van der Waals surface area contributed by atoms with E-state index in [-0.39, 0.29) is 11.6 Å². The van der Waals surface area contributed by atoms with Gasteiger partial charge in [0.25, 0.3) is 5.91 Å². The molecular formula is C16H13ClN4OS. The summed E-state index contributed by atoms with van der Waals surface area (Å²) in [6.45, 7) is 1.82. The van der Waals surface area contributed by atoms with Crippen LogP contribution >= 0.6 is 22.9 Å². The van der Waals surface area contributed by atoms with Crippen molar-refractivity contribution < 1.29 is 4.79 Å². The highest BCUT2D eigenvalue weighted by Crippen LogP contribution is 2.22. The van der Waals surface area contributed by atoms with E-state index < -0.39 is 0 Å². The van der Waals surface area contributed by atoms with Crippen molar-refractivity contribution in [2.24, 2.45) is 0 Å². The predicted octanol–water partition coefficient (Wildman–Crippen LogP) is 3.74. The van der Waals surface area contributed by atoms with Gasteiger partial charge in [0.1, 0.15) is 5.69 Å². The SMILES string of the molecule is Cc1cnc(C(=O)Nc2ncc(Cc3ccc(Cl)cc3)s2)cn1. The molecule has 0 bridgehead atoms. The molecule has 0 saturated heterocycles. The minimum Gasteiger partial charge on any atom is -0.296 e. The van der Waals surface area contributed by atoms with Gasteiger partial charge >= 0.3 is 0 Å². The second-order valence-corrected chi connectivity index (χ2v) is 6.48. The van der Waals surface area contributed by atoms with Crippen LogP contribution in [0.25, 0.3) is 0 Å². The number of amides is 1. The van der Waals surface area contributed by atoms with E-state index in [9.17, 15) is 4.79 Å². The number of aromatic nitrogens is 3. The number of carbonyl (C=O) groups is 1. The fourth-order valence-electron chi connectivity index (χ4n) is 1.92. The van der Waals surface area contributed by atoms with Crippen molar-refractivity contribution in [1.29, 1.82) is 0 Å². The Morgan fingerprint density at radius 2 is 1.91 bits per heavy atom. The van der Waals surface area contributed by atoms with Gasteiger partial charge in [-0.05, 0) is 24.6 Å². The monoisotopic (exact) mass is 344 g/mol. The standard InChI is InChI=1S/C16H13ClN4OS/c1-10-7-19-14(9-18-10)15(22)21-16-20-8-13(23-16)6-11-2-4-12(17)5-3-11/h2-5,7-9H,6H2,1H3,(H,20,21,22). The molecule has 0 spiro atoms. The second kappa shape index (κ2) is 6.85. The molecule has 2 heterocycles. The summed E-state index contributed by atoms with van der Waals surface area (Å²) in [7, 11) is 0. The molecule has 2 aromatic heterocycles. The third-order valence-corrected chi connectivity index (χ3v) is 4.24. The third kappa shape index (κ3) is 4.12. The molecular weight excluding hydrogens is 332 g/mol. The van der Waals surface area contributed by atoms with Crippen molar-refractivity contribution in [3.63, 3.8) is 0 Å². The predicted molar refractivity (Wildman–Crippen MR) is 91.1 cm³/mol. The lowest BCUT2D eigenvalue weighted by Gasteiger charge is -2.00. The third-order valence-electron chi connectivity index (χ3n) is 3.08. The largest absolute Gasteiger partial charge is 0.296 e. The first-order chi connectivity index (χ1) is 11.1. The number of rotatable bonds is 4. The molecule has 0 aliphatic carbocycles. The quantitative estimate of drug-likeness (QED) is 0.782. The van der Waals surface area contributed by atoms with Crippen molar-refractivity contribution in [1.82, 2.24) is 15.0 Å². The van der Waals surface area contributed by atoms with E-state index in [1.54, 1.807) is 12.4 Å². The number of halogens is 1. The van der Waals surface area contributed by atoms with E-state index in [4.69, 9.17) is 11.6 Å². The molecule has 3 rings (SSSR count). The van der Waals surface area contributed by atoms with Crippen LogP contribution in [-0.2, 0) is 6.42 Å². The van der Waals surface area contributed by atoms with E-state index in [1.165, 1.54) is 17.5 Å². The Balaban J connectivity index is 1.66. The first kappa shape index (κ1) is 15.6. The van der Waals surface area contributed by atoms with Crippen molar-refractivity contribution in [2.45, 2.75) is 13.3 Å².